The number of benzene rings is 2. The Kier molecular flexibility index (Phi) is 3.10. The molecule has 0 fully saturated rings. The molecule has 2 nitrogen and oxygen atoms in total. The molecule has 0 aromatic heterocycles. The third kappa shape index (κ3) is 2.22. The van der Waals surface area contributed by atoms with Gasteiger partial charge in [-0.1, -0.05) is 12.1 Å². The van der Waals surface area contributed by atoms with Crippen LogP contribution < -0.4 is 0 Å². The van der Waals surface area contributed by atoms with Gasteiger partial charge in [-0.2, -0.15) is 0 Å². The van der Waals surface area contributed by atoms with Gasteiger partial charge in [0.2, 0.25) is 0 Å². The Labute approximate surface area is 103 Å². The lowest BCUT2D eigenvalue weighted by molar-refractivity contribution is 0.0692. The van der Waals surface area contributed by atoms with Crippen molar-refractivity contribution in [2.45, 2.75) is 6.92 Å². The second kappa shape index (κ2) is 4.56. The van der Waals surface area contributed by atoms with Crippen molar-refractivity contribution in [3.8, 4) is 11.1 Å². The van der Waals surface area contributed by atoms with Crippen LogP contribution in [0.1, 0.15) is 15.9 Å². The lowest BCUT2D eigenvalue weighted by Crippen LogP contribution is -2.00. The van der Waals surface area contributed by atoms with Crippen LogP contribution in [0.3, 0.4) is 0 Å². The van der Waals surface area contributed by atoms with E-state index in [2.05, 4.69) is 0 Å². The molecule has 0 saturated heterocycles. The number of hydrogen-bond donors (Lipinski definition) is 1. The van der Waals surface area contributed by atoms with Crippen LogP contribution in [-0.4, -0.2) is 11.1 Å². The molecule has 0 aliphatic carbocycles. The smallest absolute Gasteiger partial charge is 0.338 e. The molecule has 0 atom stereocenters. The summed E-state index contributed by atoms with van der Waals surface area (Å²) in [6.45, 7) is 1.61. The third-order valence-corrected chi connectivity index (χ3v) is 2.69. The van der Waals surface area contributed by atoms with E-state index >= 15 is 0 Å². The summed E-state index contributed by atoms with van der Waals surface area (Å²) in [5.41, 5.74) is 1.23. The zero-order chi connectivity index (χ0) is 13.3. The molecule has 0 saturated carbocycles. The Bertz CT molecular complexity index is 621. The van der Waals surface area contributed by atoms with Gasteiger partial charge in [0.05, 0.1) is 5.56 Å². The van der Waals surface area contributed by atoms with Crippen molar-refractivity contribution in [2.75, 3.05) is 0 Å². The number of carbonyl (C=O) groups is 1. The summed E-state index contributed by atoms with van der Waals surface area (Å²) in [4.78, 5) is 10.7. The molecular weight excluding hydrogens is 238 g/mol. The van der Waals surface area contributed by atoms with Crippen molar-refractivity contribution in [1.29, 1.82) is 0 Å². The fourth-order valence-electron chi connectivity index (χ4n) is 1.69. The van der Waals surface area contributed by atoms with Gasteiger partial charge in [-0.05, 0) is 47.9 Å². The Balaban J connectivity index is 2.48. The van der Waals surface area contributed by atoms with Crippen LogP contribution in [0.2, 0.25) is 0 Å². The number of halogens is 2. The highest BCUT2D eigenvalue weighted by atomic mass is 19.1. The van der Waals surface area contributed by atoms with Crippen LogP contribution in [0.5, 0.6) is 0 Å². The average Bonchev–Trinajstić information content (AvgIpc) is 2.32. The number of aromatic carboxylic acids is 1. The normalized spacial score (nSPS) is 10.4. The van der Waals surface area contributed by atoms with Gasteiger partial charge in [0.15, 0.2) is 0 Å². The van der Waals surface area contributed by atoms with Crippen molar-refractivity contribution >= 4 is 5.97 Å². The summed E-state index contributed by atoms with van der Waals surface area (Å²) in [6.07, 6.45) is 0. The zero-order valence-electron chi connectivity index (χ0n) is 9.58. The molecule has 4 heteroatoms. The molecule has 1 N–H and O–H groups in total. The molecule has 2 aromatic rings. The van der Waals surface area contributed by atoms with Crippen LogP contribution in [0.25, 0.3) is 11.1 Å². The second-order valence-corrected chi connectivity index (χ2v) is 3.96. The van der Waals surface area contributed by atoms with Crippen LogP contribution >= 0.6 is 0 Å². The first-order valence-electron chi connectivity index (χ1n) is 5.28. The Morgan fingerprint density at radius 2 is 1.61 bits per heavy atom. The number of hydrogen-bond acceptors (Lipinski definition) is 1. The largest absolute Gasteiger partial charge is 0.478 e. The summed E-state index contributed by atoms with van der Waals surface area (Å²) in [5.74, 6) is -2.45. The summed E-state index contributed by atoms with van der Waals surface area (Å²) in [7, 11) is 0. The number of aryl methyl sites for hydroxylation is 1. The van der Waals surface area contributed by atoms with Gasteiger partial charge in [-0.3, -0.25) is 0 Å². The third-order valence-electron chi connectivity index (χ3n) is 2.69. The monoisotopic (exact) mass is 248 g/mol. The fraction of sp³-hybridized carbons (Fsp3) is 0.0714. The van der Waals surface area contributed by atoms with Crippen LogP contribution in [0.4, 0.5) is 8.78 Å². The molecule has 0 amide bonds. The summed E-state index contributed by atoms with van der Waals surface area (Å²) >= 11 is 0. The predicted molar refractivity (Wildman–Crippen MR) is 63.5 cm³/mol. The van der Waals surface area contributed by atoms with E-state index in [1.807, 2.05) is 0 Å². The molecule has 0 radical (unpaired) electrons. The minimum Gasteiger partial charge on any atom is -0.478 e. The Morgan fingerprint density at radius 3 is 2.17 bits per heavy atom. The molecule has 0 spiro atoms. The first-order valence-corrected chi connectivity index (χ1v) is 5.28. The van der Waals surface area contributed by atoms with E-state index in [9.17, 15) is 13.6 Å². The maximum Gasteiger partial charge on any atom is 0.338 e. The quantitative estimate of drug-likeness (QED) is 0.880. The molecule has 0 aliphatic heterocycles. The summed E-state index contributed by atoms with van der Waals surface area (Å²) in [6, 6.07) is 8.25. The van der Waals surface area contributed by atoms with Gasteiger partial charge in [-0.15, -0.1) is 0 Å². The molecule has 0 aliphatic rings. The van der Waals surface area contributed by atoms with E-state index in [-0.39, 0.29) is 11.4 Å². The summed E-state index contributed by atoms with van der Waals surface area (Å²) in [5, 5.41) is 8.72. The molecule has 0 unspecified atom stereocenters. The number of carboxylic acid groups (broad SMARTS) is 1. The molecule has 18 heavy (non-hydrogen) atoms. The van der Waals surface area contributed by atoms with Crippen LogP contribution in [-0.2, 0) is 0 Å². The van der Waals surface area contributed by atoms with Crippen molar-refractivity contribution in [2.24, 2.45) is 0 Å². The second-order valence-electron chi connectivity index (χ2n) is 3.96. The highest BCUT2D eigenvalue weighted by Gasteiger charge is 2.11. The van der Waals surface area contributed by atoms with Crippen molar-refractivity contribution < 1.29 is 18.7 Å². The van der Waals surface area contributed by atoms with E-state index in [0.717, 1.165) is 6.07 Å². The maximum absolute atomic E-state index is 13.5. The molecule has 0 heterocycles. The van der Waals surface area contributed by atoms with E-state index in [4.69, 9.17) is 5.11 Å². The molecule has 92 valence electrons. The Hall–Kier alpha value is -2.23. The molecular formula is C14H10F2O2. The van der Waals surface area contributed by atoms with Crippen molar-refractivity contribution in [3.05, 3.63) is 59.2 Å². The van der Waals surface area contributed by atoms with Gasteiger partial charge in [0.1, 0.15) is 11.6 Å². The first kappa shape index (κ1) is 12.2. The number of rotatable bonds is 2. The van der Waals surface area contributed by atoms with Gasteiger partial charge in [0, 0.05) is 0 Å². The molecule has 2 aromatic carbocycles. The highest BCUT2D eigenvalue weighted by Crippen LogP contribution is 2.24. The van der Waals surface area contributed by atoms with Crippen LogP contribution in [0.15, 0.2) is 36.4 Å². The average molecular weight is 248 g/mol. The fourth-order valence-corrected chi connectivity index (χ4v) is 1.69. The van der Waals surface area contributed by atoms with Gasteiger partial charge in [0.25, 0.3) is 0 Å². The van der Waals surface area contributed by atoms with Gasteiger partial charge in [-0.25, -0.2) is 13.6 Å². The van der Waals surface area contributed by atoms with Crippen molar-refractivity contribution in [1.82, 2.24) is 0 Å². The van der Waals surface area contributed by atoms with Crippen LogP contribution in [0, 0.1) is 18.6 Å². The van der Waals surface area contributed by atoms with Gasteiger partial charge < -0.3 is 5.11 Å². The topological polar surface area (TPSA) is 37.3 Å². The molecule has 0 bridgehead atoms. The first-order chi connectivity index (χ1) is 8.49. The Morgan fingerprint density at radius 1 is 1.00 bits per heavy atom. The summed E-state index contributed by atoms with van der Waals surface area (Å²) < 4.78 is 26.6. The zero-order valence-corrected chi connectivity index (χ0v) is 9.58. The lowest BCUT2D eigenvalue weighted by Gasteiger charge is -2.05. The highest BCUT2D eigenvalue weighted by molar-refractivity contribution is 5.88. The van der Waals surface area contributed by atoms with Crippen molar-refractivity contribution in [3.63, 3.8) is 0 Å². The van der Waals surface area contributed by atoms with E-state index in [0.29, 0.717) is 16.7 Å². The number of carboxylic acids is 1. The van der Waals surface area contributed by atoms with E-state index in [1.54, 1.807) is 13.0 Å². The van der Waals surface area contributed by atoms with E-state index in [1.165, 1.54) is 24.3 Å². The lowest BCUT2D eigenvalue weighted by atomic mass is 10.0. The van der Waals surface area contributed by atoms with E-state index < -0.39 is 11.8 Å². The maximum atomic E-state index is 13.5. The minimum atomic E-state index is -1.31. The predicted octanol–water partition coefficient (Wildman–Crippen LogP) is 3.64. The van der Waals surface area contributed by atoms with Gasteiger partial charge >= 0.3 is 5.97 Å². The molecule has 2 rings (SSSR count). The SMILES string of the molecule is Cc1cc(-c2ccc(C(=O)O)c(F)c2)ccc1F. The standard InChI is InChI=1S/C14H10F2O2/c1-8-6-9(3-5-12(8)15)10-2-4-11(14(17)18)13(16)7-10/h2-7H,1H3,(H,17,18). The minimum absolute atomic E-state index is 0.332.